The van der Waals surface area contributed by atoms with Crippen LogP contribution >= 0.6 is 0 Å². The van der Waals surface area contributed by atoms with Crippen molar-refractivity contribution >= 4 is 33.3 Å². The number of hydrogen-bond acceptors (Lipinski definition) is 5. The molecule has 0 saturated carbocycles. The zero-order chi connectivity index (χ0) is 19.4. The number of anilines is 2. The molecule has 1 aromatic carbocycles. The topological polar surface area (TPSA) is 116 Å². The average molecular weight is 370 g/mol. The summed E-state index contributed by atoms with van der Waals surface area (Å²) >= 11 is 0. The summed E-state index contributed by atoms with van der Waals surface area (Å²) in [6.45, 7) is 8.79. The molecule has 0 spiro atoms. The highest BCUT2D eigenvalue weighted by molar-refractivity contribution is 7.92. The average Bonchev–Trinajstić information content (AvgIpc) is 2.38. The lowest BCUT2D eigenvalue weighted by Gasteiger charge is -2.22. The Morgan fingerprint density at radius 3 is 2.28 bits per heavy atom. The number of amides is 3. The van der Waals surface area contributed by atoms with Crippen LogP contribution in [0.4, 0.5) is 16.2 Å². The van der Waals surface area contributed by atoms with Crippen molar-refractivity contribution in [1.82, 2.24) is 10.6 Å². The highest BCUT2D eigenvalue weighted by Gasteiger charge is 2.19. The van der Waals surface area contributed by atoms with Gasteiger partial charge < -0.3 is 10.6 Å². The number of benzene rings is 1. The van der Waals surface area contributed by atoms with Gasteiger partial charge in [-0.2, -0.15) is 0 Å². The standard InChI is InChI=1S/C16H26N4O4S/c1-10-7-8-12(9-13(10)20-25(6,23)24)17-11(2)14(21)18-15(22)19-16(3,4)5/h7-9,11,17,20H,1-6H3,(H2,18,19,21,22). The van der Waals surface area contributed by atoms with Crippen LogP contribution in [0.1, 0.15) is 33.3 Å². The van der Waals surface area contributed by atoms with Crippen molar-refractivity contribution < 1.29 is 18.0 Å². The molecule has 0 fully saturated rings. The molecular formula is C16H26N4O4S. The van der Waals surface area contributed by atoms with E-state index in [4.69, 9.17) is 0 Å². The molecule has 1 rings (SSSR count). The van der Waals surface area contributed by atoms with Crippen molar-refractivity contribution in [3.8, 4) is 0 Å². The van der Waals surface area contributed by atoms with Gasteiger partial charge >= 0.3 is 6.03 Å². The predicted octanol–water partition coefficient (Wildman–Crippen LogP) is 1.79. The Morgan fingerprint density at radius 1 is 1.16 bits per heavy atom. The molecule has 8 nitrogen and oxygen atoms in total. The maximum absolute atomic E-state index is 12.1. The lowest BCUT2D eigenvalue weighted by atomic mass is 10.1. The first-order chi connectivity index (χ1) is 11.3. The molecule has 0 aliphatic rings. The molecule has 0 aromatic heterocycles. The SMILES string of the molecule is Cc1ccc(NC(C)C(=O)NC(=O)NC(C)(C)C)cc1NS(C)(=O)=O. The highest BCUT2D eigenvalue weighted by atomic mass is 32.2. The second-order valence-electron chi connectivity index (χ2n) is 6.96. The van der Waals surface area contributed by atoms with E-state index in [-0.39, 0.29) is 0 Å². The van der Waals surface area contributed by atoms with Gasteiger partial charge in [-0.25, -0.2) is 13.2 Å². The largest absolute Gasteiger partial charge is 0.374 e. The second kappa shape index (κ2) is 7.73. The van der Waals surface area contributed by atoms with Crippen molar-refractivity contribution in [1.29, 1.82) is 0 Å². The number of rotatable bonds is 5. The van der Waals surface area contributed by atoms with E-state index >= 15 is 0 Å². The Balaban J connectivity index is 2.76. The van der Waals surface area contributed by atoms with Crippen LogP contribution in [-0.2, 0) is 14.8 Å². The fourth-order valence-electron chi connectivity index (χ4n) is 1.93. The van der Waals surface area contributed by atoms with Crippen molar-refractivity contribution in [3.05, 3.63) is 23.8 Å². The van der Waals surface area contributed by atoms with Gasteiger partial charge in [0.25, 0.3) is 0 Å². The molecule has 1 unspecified atom stereocenters. The van der Waals surface area contributed by atoms with Crippen molar-refractivity contribution in [3.63, 3.8) is 0 Å². The second-order valence-corrected chi connectivity index (χ2v) is 8.71. The molecular weight excluding hydrogens is 344 g/mol. The number of nitrogens with one attached hydrogen (secondary N) is 4. The minimum Gasteiger partial charge on any atom is -0.374 e. The third-order valence-corrected chi connectivity index (χ3v) is 3.63. The van der Waals surface area contributed by atoms with Crippen molar-refractivity contribution in [2.45, 2.75) is 46.2 Å². The first-order valence-corrected chi connectivity index (χ1v) is 9.64. The van der Waals surface area contributed by atoms with Gasteiger partial charge in [0.15, 0.2) is 0 Å². The van der Waals surface area contributed by atoms with Crippen LogP contribution in [-0.4, -0.2) is 38.2 Å². The Morgan fingerprint density at radius 2 is 1.76 bits per heavy atom. The van der Waals surface area contributed by atoms with Crippen LogP contribution in [0.3, 0.4) is 0 Å². The minimum atomic E-state index is -3.40. The zero-order valence-corrected chi connectivity index (χ0v) is 16.2. The molecule has 140 valence electrons. The van der Waals surface area contributed by atoms with E-state index in [9.17, 15) is 18.0 Å². The Kier molecular flexibility index (Phi) is 6.42. The van der Waals surface area contributed by atoms with E-state index < -0.39 is 33.5 Å². The number of hydrogen-bond donors (Lipinski definition) is 4. The van der Waals surface area contributed by atoms with Gasteiger partial charge in [-0.05, 0) is 52.3 Å². The summed E-state index contributed by atoms with van der Waals surface area (Å²) in [4.78, 5) is 23.8. The molecule has 3 amide bonds. The number of carbonyl (C=O) groups is 2. The molecule has 9 heteroatoms. The van der Waals surface area contributed by atoms with E-state index in [1.807, 2.05) is 0 Å². The Hall–Kier alpha value is -2.29. The van der Waals surface area contributed by atoms with Gasteiger partial charge in [0.05, 0.1) is 11.9 Å². The monoisotopic (exact) mass is 370 g/mol. The van der Waals surface area contributed by atoms with Crippen LogP contribution in [0.5, 0.6) is 0 Å². The summed E-state index contributed by atoms with van der Waals surface area (Å²) in [5, 5.41) is 7.83. The highest BCUT2D eigenvalue weighted by Crippen LogP contribution is 2.21. The lowest BCUT2D eigenvalue weighted by molar-refractivity contribution is -0.120. The van der Waals surface area contributed by atoms with Crippen LogP contribution in [0.15, 0.2) is 18.2 Å². The van der Waals surface area contributed by atoms with Gasteiger partial charge in [0.1, 0.15) is 6.04 Å². The smallest absolute Gasteiger partial charge is 0.321 e. The molecule has 0 aliphatic carbocycles. The van der Waals surface area contributed by atoms with Crippen LogP contribution in [0.2, 0.25) is 0 Å². The Labute approximate surface area is 148 Å². The molecule has 25 heavy (non-hydrogen) atoms. The molecule has 0 aliphatic heterocycles. The molecule has 0 saturated heterocycles. The van der Waals surface area contributed by atoms with Crippen molar-refractivity contribution in [2.75, 3.05) is 16.3 Å². The number of urea groups is 1. The third-order valence-electron chi connectivity index (χ3n) is 3.03. The first-order valence-electron chi connectivity index (χ1n) is 7.75. The summed E-state index contributed by atoms with van der Waals surface area (Å²) in [6.07, 6.45) is 1.07. The van der Waals surface area contributed by atoms with Crippen molar-refractivity contribution in [2.24, 2.45) is 0 Å². The number of carbonyl (C=O) groups excluding carboxylic acids is 2. The lowest BCUT2D eigenvalue weighted by Crippen LogP contribution is -2.51. The zero-order valence-electron chi connectivity index (χ0n) is 15.4. The van der Waals surface area contributed by atoms with Crippen LogP contribution < -0.4 is 20.7 Å². The van der Waals surface area contributed by atoms with E-state index in [0.29, 0.717) is 11.4 Å². The number of imide groups is 1. The molecule has 4 N–H and O–H groups in total. The fraction of sp³-hybridized carbons (Fsp3) is 0.500. The van der Waals surface area contributed by atoms with E-state index in [2.05, 4.69) is 20.7 Å². The van der Waals surface area contributed by atoms with Gasteiger partial charge in [0, 0.05) is 11.2 Å². The maximum Gasteiger partial charge on any atom is 0.321 e. The summed E-state index contributed by atoms with van der Waals surface area (Å²) in [7, 11) is -3.40. The summed E-state index contributed by atoms with van der Waals surface area (Å²) in [5.41, 5.74) is 1.27. The van der Waals surface area contributed by atoms with E-state index in [0.717, 1.165) is 11.8 Å². The number of sulfonamides is 1. The van der Waals surface area contributed by atoms with Crippen LogP contribution in [0.25, 0.3) is 0 Å². The summed E-state index contributed by atoms with van der Waals surface area (Å²) in [5.74, 6) is -0.500. The molecule has 1 aromatic rings. The minimum absolute atomic E-state index is 0.422. The summed E-state index contributed by atoms with van der Waals surface area (Å²) in [6, 6.07) is 3.78. The summed E-state index contributed by atoms with van der Waals surface area (Å²) < 4.78 is 25.2. The van der Waals surface area contributed by atoms with E-state index in [1.165, 1.54) is 0 Å². The Bertz CT molecular complexity index is 754. The van der Waals surface area contributed by atoms with Gasteiger partial charge in [-0.3, -0.25) is 14.8 Å². The predicted molar refractivity (Wildman–Crippen MR) is 99.2 cm³/mol. The van der Waals surface area contributed by atoms with Gasteiger partial charge in [-0.1, -0.05) is 6.07 Å². The first kappa shape index (κ1) is 20.8. The molecule has 0 bridgehead atoms. The van der Waals surface area contributed by atoms with Gasteiger partial charge in [-0.15, -0.1) is 0 Å². The maximum atomic E-state index is 12.1. The fourth-order valence-corrected chi connectivity index (χ4v) is 2.55. The van der Waals surface area contributed by atoms with Crippen LogP contribution in [0, 0.1) is 6.92 Å². The quantitative estimate of drug-likeness (QED) is 0.630. The van der Waals surface area contributed by atoms with Gasteiger partial charge in [0.2, 0.25) is 15.9 Å². The molecule has 0 radical (unpaired) electrons. The molecule has 1 atom stereocenters. The molecule has 0 heterocycles. The number of aryl methyl sites for hydroxylation is 1. The third kappa shape index (κ3) is 7.88. The van der Waals surface area contributed by atoms with E-state index in [1.54, 1.807) is 52.8 Å². The normalized spacial score (nSPS) is 12.9.